The molecule has 2 rings (SSSR count). The van der Waals surface area contributed by atoms with Crippen molar-refractivity contribution in [1.82, 2.24) is 5.32 Å². The van der Waals surface area contributed by atoms with Gasteiger partial charge in [-0.1, -0.05) is 30.3 Å². The molecule has 1 aromatic rings. The van der Waals surface area contributed by atoms with Crippen molar-refractivity contribution >= 4 is 18.2 Å². The average Bonchev–Trinajstić information content (AvgIpc) is 2.24. The molecule has 0 aromatic heterocycles. The zero-order chi connectivity index (χ0) is 10.0. The number of carbonyl (C=O) groups excluding carboxylic acids is 1. The Morgan fingerprint density at radius 1 is 1.27 bits per heavy atom. The maximum Gasteiger partial charge on any atom is 0.157 e. The molecule has 15 heavy (non-hydrogen) atoms. The van der Waals surface area contributed by atoms with Crippen LogP contribution in [0, 0.1) is 0 Å². The van der Waals surface area contributed by atoms with Gasteiger partial charge in [0.2, 0.25) is 0 Å². The molecular formula is C12H16ClNO. The summed E-state index contributed by atoms with van der Waals surface area (Å²) in [5.41, 5.74) is 0.615. The third-order valence-electron chi connectivity index (χ3n) is 2.97. The summed E-state index contributed by atoms with van der Waals surface area (Å²) in [6, 6.07) is 9.95. The maximum absolute atomic E-state index is 11.9. The summed E-state index contributed by atoms with van der Waals surface area (Å²) in [6.07, 6.45) is 1.65. The topological polar surface area (TPSA) is 29.1 Å². The van der Waals surface area contributed by atoms with Crippen molar-refractivity contribution in [2.75, 3.05) is 6.54 Å². The molecule has 1 N–H and O–H groups in total. The first-order valence-corrected chi connectivity index (χ1v) is 5.07. The fourth-order valence-corrected chi connectivity index (χ4v) is 1.97. The summed E-state index contributed by atoms with van der Waals surface area (Å²) in [5, 5.41) is 3.31. The van der Waals surface area contributed by atoms with E-state index in [9.17, 15) is 4.79 Å². The van der Waals surface area contributed by atoms with E-state index in [2.05, 4.69) is 5.32 Å². The second-order valence-electron chi connectivity index (χ2n) is 3.94. The second-order valence-corrected chi connectivity index (χ2v) is 3.94. The minimum Gasteiger partial charge on any atom is -0.301 e. The summed E-state index contributed by atoms with van der Waals surface area (Å²) in [7, 11) is 0. The van der Waals surface area contributed by atoms with E-state index in [1.807, 2.05) is 37.3 Å². The van der Waals surface area contributed by atoms with Crippen molar-refractivity contribution < 1.29 is 4.79 Å². The minimum atomic E-state index is -0.459. The number of benzene rings is 1. The highest BCUT2D eigenvalue weighted by Crippen LogP contribution is 2.26. The van der Waals surface area contributed by atoms with Crippen LogP contribution in [0.25, 0.3) is 0 Å². The summed E-state index contributed by atoms with van der Waals surface area (Å²) in [6.45, 7) is 2.90. The van der Waals surface area contributed by atoms with Crippen molar-refractivity contribution in [1.29, 1.82) is 0 Å². The van der Waals surface area contributed by atoms with E-state index < -0.39 is 5.54 Å². The Balaban J connectivity index is 0.00000112. The monoisotopic (exact) mass is 225 g/mol. The van der Waals surface area contributed by atoms with Gasteiger partial charge in [-0.25, -0.2) is 0 Å². The van der Waals surface area contributed by atoms with Crippen molar-refractivity contribution in [2.24, 2.45) is 0 Å². The SMILES string of the molecule is CC1(c2ccccc2)NCCCC1=O.Cl. The van der Waals surface area contributed by atoms with E-state index in [1.165, 1.54) is 0 Å². The molecule has 0 bridgehead atoms. The number of hydrogen-bond donors (Lipinski definition) is 1. The summed E-state index contributed by atoms with van der Waals surface area (Å²) < 4.78 is 0. The Morgan fingerprint density at radius 2 is 1.93 bits per heavy atom. The van der Waals surface area contributed by atoms with Crippen LogP contribution in [-0.2, 0) is 10.3 Å². The van der Waals surface area contributed by atoms with Gasteiger partial charge in [0.15, 0.2) is 5.78 Å². The van der Waals surface area contributed by atoms with Gasteiger partial charge < -0.3 is 5.32 Å². The molecule has 1 aromatic carbocycles. The first-order chi connectivity index (χ1) is 6.73. The van der Waals surface area contributed by atoms with Crippen LogP contribution in [0.1, 0.15) is 25.3 Å². The first-order valence-electron chi connectivity index (χ1n) is 5.07. The molecule has 1 fully saturated rings. The highest BCUT2D eigenvalue weighted by molar-refractivity contribution is 5.89. The third kappa shape index (κ3) is 2.21. The lowest BCUT2D eigenvalue weighted by atomic mass is 9.83. The molecule has 1 saturated heterocycles. The number of nitrogens with one attached hydrogen (secondary N) is 1. The van der Waals surface area contributed by atoms with Crippen molar-refractivity contribution in [3.05, 3.63) is 35.9 Å². The zero-order valence-electron chi connectivity index (χ0n) is 8.82. The van der Waals surface area contributed by atoms with E-state index in [1.54, 1.807) is 0 Å². The molecular weight excluding hydrogens is 210 g/mol. The summed E-state index contributed by atoms with van der Waals surface area (Å²) in [4.78, 5) is 11.9. The Bertz CT molecular complexity index is 339. The van der Waals surface area contributed by atoms with Crippen LogP contribution in [0.4, 0.5) is 0 Å². The lowest BCUT2D eigenvalue weighted by Gasteiger charge is -2.33. The Labute approximate surface area is 96.5 Å². The van der Waals surface area contributed by atoms with Gasteiger partial charge in [-0.3, -0.25) is 4.79 Å². The molecule has 1 atom stereocenters. The van der Waals surface area contributed by atoms with Crippen molar-refractivity contribution in [3.63, 3.8) is 0 Å². The van der Waals surface area contributed by atoms with Crippen LogP contribution < -0.4 is 5.32 Å². The van der Waals surface area contributed by atoms with Gasteiger partial charge in [0, 0.05) is 6.42 Å². The normalized spacial score (nSPS) is 25.8. The molecule has 1 aliphatic rings. The van der Waals surface area contributed by atoms with Crippen molar-refractivity contribution in [2.45, 2.75) is 25.3 Å². The molecule has 2 nitrogen and oxygen atoms in total. The molecule has 1 heterocycles. The summed E-state index contributed by atoms with van der Waals surface area (Å²) >= 11 is 0. The van der Waals surface area contributed by atoms with Crippen LogP contribution in [0.5, 0.6) is 0 Å². The van der Waals surface area contributed by atoms with E-state index in [0.29, 0.717) is 12.2 Å². The molecule has 1 unspecified atom stereocenters. The number of hydrogen-bond acceptors (Lipinski definition) is 2. The number of halogens is 1. The van der Waals surface area contributed by atoms with Crippen LogP contribution >= 0.6 is 12.4 Å². The Kier molecular flexibility index (Phi) is 3.89. The minimum absolute atomic E-state index is 0. The van der Waals surface area contributed by atoms with E-state index in [4.69, 9.17) is 0 Å². The smallest absolute Gasteiger partial charge is 0.157 e. The lowest BCUT2D eigenvalue weighted by molar-refractivity contribution is -0.126. The molecule has 0 amide bonds. The summed E-state index contributed by atoms with van der Waals surface area (Å²) in [5.74, 6) is 0.301. The molecule has 0 saturated carbocycles. The van der Waals surface area contributed by atoms with Crippen LogP contribution in [0.15, 0.2) is 30.3 Å². The van der Waals surface area contributed by atoms with E-state index >= 15 is 0 Å². The van der Waals surface area contributed by atoms with Gasteiger partial charge in [0.1, 0.15) is 5.54 Å². The number of piperidine rings is 1. The van der Waals surface area contributed by atoms with Gasteiger partial charge in [-0.15, -0.1) is 12.4 Å². The average molecular weight is 226 g/mol. The van der Waals surface area contributed by atoms with E-state index in [-0.39, 0.29) is 12.4 Å². The van der Waals surface area contributed by atoms with Gasteiger partial charge in [0.05, 0.1) is 0 Å². The van der Waals surface area contributed by atoms with Gasteiger partial charge >= 0.3 is 0 Å². The largest absolute Gasteiger partial charge is 0.301 e. The number of Topliss-reactive ketones (excluding diaryl/α,β-unsaturated/α-hetero) is 1. The number of rotatable bonds is 1. The van der Waals surface area contributed by atoms with Crippen molar-refractivity contribution in [3.8, 4) is 0 Å². The highest BCUT2D eigenvalue weighted by atomic mass is 35.5. The standard InChI is InChI=1S/C12H15NO.ClH/c1-12(10-6-3-2-4-7-10)11(14)8-5-9-13-12;/h2-4,6-7,13H,5,8-9H2,1H3;1H. The van der Waals surface area contributed by atoms with Gasteiger partial charge in [0.25, 0.3) is 0 Å². The molecule has 0 radical (unpaired) electrons. The Morgan fingerprint density at radius 3 is 2.53 bits per heavy atom. The number of ketones is 1. The predicted molar refractivity (Wildman–Crippen MR) is 63.3 cm³/mol. The van der Waals surface area contributed by atoms with Gasteiger partial charge in [-0.2, -0.15) is 0 Å². The Hall–Kier alpha value is -0.860. The maximum atomic E-state index is 11.9. The fourth-order valence-electron chi connectivity index (χ4n) is 1.97. The quantitative estimate of drug-likeness (QED) is 0.795. The lowest BCUT2D eigenvalue weighted by Crippen LogP contribution is -2.50. The zero-order valence-corrected chi connectivity index (χ0v) is 9.64. The van der Waals surface area contributed by atoms with Crippen LogP contribution in [0.3, 0.4) is 0 Å². The van der Waals surface area contributed by atoms with E-state index in [0.717, 1.165) is 18.5 Å². The second kappa shape index (κ2) is 4.77. The number of carbonyl (C=O) groups is 1. The molecule has 3 heteroatoms. The third-order valence-corrected chi connectivity index (χ3v) is 2.97. The molecule has 1 aliphatic heterocycles. The molecule has 82 valence electrons. The molecule has 0 aliphatic carbocycles. The predicted octanol–water partition coefficient (Wildman–Crippen LogP) is 2.28. The highest BCUT2D eigenvalue weighted by Gasteiger charge is 2.35. The van der Waals surface area contributed by atoms with Crippen LogP contribution in [0.2, 0.25) is 0 Å². The first kappa shape index (κ1) is 12.2. The van der Waals surface area contributed by atoms with Gasteiger partial charge in [-0.05, 0) is 25.5 Å². The fraction of sp³-hybridized carbons (Fsp3) is 0.417. The van der Waals surface area contributed by atoms with Crippen LogP contribution in [-0.4, -0.2) is 12.3 Å². The molecule has 0 spiro atoms.